The van der Waals surface area contributed by atoms with Crippen LogP contribution in [-0.4, -0.2) is 16.6 Å². The van der Waals surface area contributed by atoms with E-state index in [1.165, 1.54) is 0 Å². The zero-order valence-corrected chi connectivity index (χ0v) is 10.3. The predicted octanol–water partition coefficient (Wildman–Crippen LogP) is 2.80. The molecule has 2 aromatic rings. The fourth-order valence-electron chi connectivity index (χ4n) is 1.55. The number of benzene rings is 1. The maximum Gasteiger partial charge on any atom is 0.132 e. The lowest BCUT2D eigenvalue weighted by Crippen LogP contribution is -1.98. The number of ether oxygens (including phenoxy) is 1. The first-order valence-electron chi connectivity index (χ1n) is 5.89. The molecule has 0 unspecified atom stereocenters. The molecule has 0 aliphatic heterocycles. The van der Waals surface area contributed by atoms with Crippen LogP contribution >= 0.6 is 0 Å². The number of nitrogens with zero attached hydrogens (tertiary/aromatic N) is 1. The standard InChI is InChI=1S/C14H16N2O2/c1-2-15-14-9-13(7-8-16-14)18-12-5-3-11(10-17)4-6-12/h3-9,17H,2,10H2,1H3,(H,15,16). The van der Waals surface area contributed by atoms with E-state index < -0.39 is 0 Å². The Kier molecular flexibility index (Phi) is 4.15. The number of aliphatic hydroxyl groups excluding tert-OH is 1. The Morgan fingerprint density at radius 3 is 2.61 bits per heavy atom. The van der Waals surface area contributed by atoms with Crippen LogP contribution in [0, 0.1) is 0 Å². The summed E-state index contributed by atoms with van der Waals surface area (Å²) >= 11 is 0. The number of aromatic nitrogens is 1. The average Bonchev–Trinajstić information content (AvgIpc) is 2.40. The smallest absolute Gasteiger partial charge is 0.132 e. The van der Waals surface area contributed by atoms with Crippen LogP contribution < -0.4 is 10.1 Å². The molecular weight excluding hydrogens is 228 g/mol. The fourth-order valence-corrected chi connectivity index (χ4v) is 1.55. The summed E-state index contributed by atoms with van der Waals surface area (Å²) in [6, 6.07) is 11.0. The minimum absolute atomic E-state index is 0.0418. The topological polar surface area (TPSA) is 54.4 Å². The normalized spacial score (nSPS) is 10.1. The Bertz CT molecular complexity index is 497. The van der Waals surface area contributed by atoms with Crippen molar-refractivity contribution in [1.29, 1.82) is 0 Å². The van der Waals surface area contributed by atoms with Crippen molar-refractivity contribution in [2.75, 3.05) is 11.9 Å². The van der Waals surface area contributed by atoms with Gasteiger partial charge in [0, 0.05) is 18.8 Å². The van der Waals surface area contributed by atoms with Gasteiger partial charge in [-0.1, -0.05) is 12.1 Å². The number of anilines is 1. The highest BCUT2D eigenvalue weighted by molar-refractivity contribution is 5.42. The highest BCUT2D eigenvalue weighted by atomic mass is 16.5. The highest BCUT2D eigenvalue weighted by Crippen LogP contribution is 2.23. The van der Waals surface area contributed by atoms with Crippen molar-refractivity contribution in [3.05, 3.63) is 48.2 Å². The maximum atomic E-state index is 8.96. The molecule has 18 heavy (non-hydrogen) atoms. The summed E-state index contributed by atoms with van der Waals surface area (Å²) < 4.78 is 5.70. The second-order valence-corrected chi connectivity index (χ2v) is 3.81. The van der Waals surface area contributed by atoms with Gasteiger partial charge in [0.2, 0.25) is 0 Å². The van der Waals surface area contributed by atoms with Crippen LogP contribution in [0.4, 0.5) is 5.82 Å². The lowest BCUT2D eigenvalue weighted by atomic mass is 10.2. The molecule has 0 bridgehead atoms. The first-order chi connectivity index (χ1) is 8.81. The molecule has 0 radical (unpaired) electrons. The van der Waals surface area contributed by atoms with Gasteiger partial charge in [0.1, 0.15) is 17.3 Å². The third kappa shape index (κ3) is 3.21. The SMILES string of the molecule is CCNc1cc(Oc2ccc(CO)cc2)ccn1. The molecule has 0 amide bonds. The second kappa shape index (κ2) is 6.02. The molecule has 2 N–H and O–H groups in total. The van der Waals surface area contributed by atoms with Gasteiger partial charge in [0.25, 0.3) is 0 Å². The molecule has 1 heterocycles. The average molecular weight is 244 g/mol. The monoisotopic (exact) mass is 244 g/mol. The Balaban J connectivity index is 2.09. The molecule has 1 aromatic heterocycles. The summed E-state index contributed by atoms with van der Waals surface area (Å²) in [6.07, 6.45) is 1.70. The Labute approximate surface area is 106 Å². The van der Waals surface area contributed by atoms with Crippen molar-refractivity contribution in [3.63, 3.8) is 0 Å². The Hall–Kier alpha value is -2.07. The number of aliphatic hydroxyl groups is 1. The number of rotatable bonds is 5. The minimum atomic E-state index is 0.0418. The molecule has 0 saturated carbocycles. The predicted molar refractivity (Wildman–Crippen MR) is 70.8 cm³/mol. The molecule has 0 aliphatic rings. The molecule has 0 saturated heterocycles. The van der Waals surface area contributed by atoms with Crippen LogP contribution in [0.1, 0.15) is 12.5 Å². The molecule has 0 fully saturated rings. The van der Waals surface area contributed by atoms with Crippen LogP contribution in [0.5, 0.6) is 11.5 Å². The van der Waals surface area contributed by atoms with Crippen molar-refractivity contribution >= 4 is 5.82 Å². The van der Waals surface area contributed by atoms with Crippen LogP contribution in [0.2, 0.25) is 0 Å². The molecular formula is C14H16N2O2. The number of hydrogen-bond donors (Lipinski definition) is 2. The lowest BCUT2D eigenvalue weighted by molar-refractivity contribution is 0.281. The first kappa shape index (κ1) is 12.4. The lowest BCUT2D eigenvalue weighted by Gasteiger charge is -2.08. The van der Waals surface area contributed by atoms with E-state index in [2.05, 4.69) is 10.3 Å². The molecule has 4 heteroatoms. The molecule has 2 rings (SSSR count). The zero-order valence-electron chi connectivity index (χ0n) is 10.3. The molecule has 94 valence electrons. The number of pyridine rings is 1. The summed E-state index contributed by atoms with van der Waals surface area (Å²) in [5.41, 5.74) is 0.866. The van der Waals surface area contributed by atoms with Crippen molar-refractivity contribution in [3.8, 4) is 11.5 Å². The maximum absolute atomic E-state index is 8.96. The van der Waals surface area contributed by atoms with Crippen LogP contribution in [0.15, 0.2) is 42.6 Å². The van der Waals surface area contributed by atoms with E-state index in [9.17, 15) is 0 Å². The van der Waals surface area contributed by atoms with Gasteiger partial charge < -0.3 is 15.2 Å². The number of hydrogen-bond acceptors (Lipinski definition) is 4. The highest BCUT2D eigenvalue weighted by Gasteiger charge is 1.99. The second-order valence-electron chi connectivity index (χ2n) is 3.81. The zero-order chi connectivity index (χ0) is 12.8. The largest absolute Gasteiger partial charge is 0.457 e. The van der Waals surface area contributed by atoms with Gasteiger partial charge in [-0.05, 0) is 30.7 Å². The molecule has 1 aromatic carbocycles. The summed E-state index contributed by atoms with van der Waals surface area (Å²) in [7, 11) is 0. The van der Waals surface area contributed by atoms with E-state index in [0.717, 1.165) is 29.4 Å². The van der Waals surface area contributed by atoms with Gasteiger partial charge in [-0.15, -0.1) is 0 Å². The summed E-state index contributed by atoms with van der Waals surface area (Å²) in [5, 5.41) is 12.1. The Morgan fingerprint density at radius 2 is 1.94 bits per heavy atom. The quantitative estimate of drug-likeness (QED) is 0.849. The van der Waals surface area contributed by atoms with Gasteiger partial charge in [-0.25, -0.2) is 4.98 Å². The fraction of sp³-hybridized carbons (Fsp3) is 0.214. The van der Waals surface area contributed by atoms with Gasteiger partial charge in [0.15, 0.2) is 0 Å². The van der Waals surface area contributed by atoms with E-state index in [1.54, 1.807) is 12.3 Å². The van der Waals surface area contributed by atoms with Gasteiger partial charge in [0.05, 0.1) is 6.61 Å². The van der Waals surface area contributed by atoms with Crippen molar-refractivity contribution < 1.29 is 9.84 Å². The van der Waals surface area contributed by atoms with Crippen molar-refractivity contribution in [2.24, 2.45) is 0 Å². The Morgan fingerprint density at radius 1 is 1.17 bits per heavy atom. The first-order valence-corrected chi connectivity index (χ1v) is 5.89. The summed E-state index contributed by atoms with van der Waals surface area (Å²) in [4.78, 5) is 4.17. The van der Waals surface area contributed by atoms with Gasteiger partial charge in [-0.3, -0.25) is 0 Å². The summed E-state index contributed by atoms with van der Waals surface area (Å²) in [6.45, 7) is 2.88. The molecule has 4 nitrogen and oxygen atoms in total. The van der Waals surface area contributed by atoms with E-state index in [4.69, 9.17) is 9.84 Å². The van der Waals surface area contributed by atoms with E-state index in [-0.39, 0.29) is 6.61 Å². The van der Waals surface area contributed by atoms with Gasteiger partial charge >= 0.3 is 0 Å². The van der Waals surface area contributed by atoms with E-state index in [1.807, 2.05) is 37.3 Å². The molecule has 0 atom stereocenters. The summed E-state index contributed by atoms with van der Waals surface area (Å²) in [5.74, 6) is 2.26. The van der Waals surface area contributed by atoms with E-state index in [0.29, 0.717) is 0 Å². The van der Waals surface area contributed by atoms with Gasteiger partial charge in [-0.2, -0.15) is 0 Å². The van der Waals surface area contributed by atoms with Crippen LogP contribution in [0.25, 0.3) is 0 Å². The number of nitrogens with one attached hydrogen (secondary N) is 1. The minimum Gasteiger partial charge on any atom is -0.457 e. The molecule has 0 spiro atoms. The van der Waals surface area contributed by atoms with Crippen LogP contribution in [0.3, 0.4) is 0 Å². The third-order valence-corrected chi connectivity index (χ3v) is 2.43. The van der Waals surface area contributed by atoms with Crippen molar-refractivity contribution in [2.45, 2.75) is 13.5 Å². The molecule has 0 aliphatic carbocycles. The van der Waals surface area contributed by atoms with Crippen LogP contribution in [-0.2, 0) is 6.61 Å². The van der Waals surface area contributed by atoms with E-state index >= 15 is 0 Å². The third-order valence-electron chi connectivity index (χ3n) is 2.43. The van der Waals surface area contributed by atoms with Crippen molar-refractivity contribution in [1.82, 2.24) is 4.98 Å².